The summed E-state index contributed by atoms with van der Waals surface area (Å²) < 4.78 is 1.91. The van der Waals surface area contributed by atoms with E-state index in [1.165, 1.54) is 22.3 Å². The van der Waals surface area contributed by atoms with Crippen molar-refractivity contribution < 1.29 is 4.79 Å². The van der Waals surface area contributed by atoms with Gasteiger partial charge in [-0.3, -0.25) is 4.79 Å². The highest BCUT2D eigenvalue weighted by molar-refractivity contribution is 5.92. The Kier molecular flexibility index (Phi) is 4.51. The molecule has 2 aromatic rings. The van der Waals surface area contributed by atoms with Gasteiger partial charge < -0.3 is 9.88 Å². The van der Waals surface area contributed by atoms with Crippen molar-refractivity contribution in [2.45, 2.75) is 34.1 Å². The van der Waals surface area contributed by atoms with E-state index in [1.807, 2.05) is 30.7 Å². The van der Waals surface area contributed by atoms with Crippen LogP contribution < -0.4 is 5.32 Å². The second kappa shape index (κ2) is 6.17. The first kappa shape index (κ1) is 15.4. The number of aryl methyl sites for hydroxylation is 4. The molecule has 1 heterocycles. The van der Waals surface area contributed by atoms with Gasteiger partial charge in [-0.1, -0.05) is 17.7 Å². The average Bonchev–Trinajstić information content (AvgIpc) is 2.73. The first-order chi connectivity index (χ1) is 9.90. The third kappa shape index (κ3) is 3.35. The molecule has 0 radical (unpaired) electrons. The van der Waals surface area contributed by atoms with Gasteiger partial charge in [-0.15, -0.1) is 0 Å². The fourth-order valence-electron chi connectivity index (χ4n) is 2.84. The number of hydrogen-bond donors (Lipinski definition) is 1. The van der Waals surface area contributed by atoms with E-state index in [2.05, 4.69) is 38.2 Å². The second-order valence-corrected chi connectivity index (χ2v) is 5.80. The Morgan fingerprint density at radius 2 is 1.71 bits per heavy atom. The largest absolute Gasteiger partial charge is 0.350 e. The molecule has 1 amide bonds. The van der Waals surface area contributed by atoms with Crippen LogP contribution in [-0.4, -0.2) is 17.0 Å². The van der Waals surface area contributed by atoms with Gasteiger partial charge >= 0.3 is 0 Å². The van der Waals surface area contributed by atoms with Gasteiger partial charge in [-0.2, -0.15) is 0 Å². The highest BCUT2D eigenvalue weighted by Crippen LogP contribution is 2.16. The zero-order chi connectivity index (χ0) is 15.6. The maximum Gasteiger partial charge on any atom is 0.267 e. The van der Waals surface area contributed by atoms with Crippen LogP contribution in [0.1, 0.15) is 38.4 Å². The second-order valence-electron chi connectivity index (χ2n) is 5.80. The number of hydrogen-bond acceptors (Lipinski definition) is 1. The molecule has 0 unspecified atom stereocenters. The van der Waals surface area contributed by atoms with Gasteiger partial charge in [-0.25, -0.2) is 0 Å². The summed E-state index contributed by atoms with van der Waals surface area (Å²) in [4.78, 5) is 12.2. The van der Waals surface area contributed by atoms with Gasteiger partial charge in [-0.05, 0) is 62.9 Å². The fourth-order valence-corrected chi connectivity index (χ4v) is 2.84. The normalized spacial score (nSPS) is 10.7. The minimum Gasteiger partial charge on any atom is -0.350 e. The van der Waals surface area contributed by atoms with E-state index in [-0.39, 0.29) is 5.91 Å². The molecule has 112 valence electrons. The Labute approximate surface area is 127 Å². The zero-order valence-electron chi connectivity index (χ0n) is 13.6. The van der Waals surface area contributed by atoms with E-state index in [4.69, 9.17) is 0 Å². The molecule has 21 heavy (non-hydrogen) atoms. The Bertz CT molecular complexity index is 645. The lowest BCUT2D eigenvalue weighted by Crippen LogP contribution is -2.27. The van der Waals surface area contributed by atoms with Crippen LogP contribution in [0.3, 0.4) is 0 Å². The van der Waals surface area contributed by atoms with Crippen LogP contribution in [0.2, 0.25) is 0 Å². The van der Waals surface area contributed by atoms with Gasteiger partial charge in [0.15, 0.2) is 0 Å². The topological polar surface area (TPSA) is 34.0 Å². The predicted molar refractivity (Wildman–Crippen MR) is 86.8 cm³/mol. The van der Waals surface area contributed by atoms with Gasteiger partial charge in [0.2, 0.25) is 0 Å². The first-order valence-corrected chi connectivity index (χ1v) is 7.37. The average molecular weight is 284 g/mol. The van der Waals surface area contributed by atoms with E-state index in [0.29, 0.717) is 12.2 Å². The quantitative estimate of drug-likeness (QED) is 0.919. The molecule has 0 atom stereocenters. The molecule has 0 fully saturated rings. The number of rotatable bonds is 4. The Morgan fingerprint density at radius 3 is 2.24 bits per heavy atom. The molecule has 3 nitrogen and oxygen atoms in total. The van der Waals surface area contributed by atoms with Crippen molar-refractivity contribution in [3.63, 3.8) is 0 Å². The standard InChI is InChI=1S/C18H24N2O/c1-12-10-13(2)16(14(3)11-12)8-9-19-18(21)17-7-6-15(4)20(17)5/h6-7,10-11H,8-9H2,1-5H3,(H,19,21). The van der Waals surface area contributed by atoms with E-state index < -0.39 is 0 Å². The summed E-state index contributed by atoms with van der Waals surface area (Å²) in [5.74, 6) is -0.00646. The van der Waals surface area contributed by atoms with Crippen molar-refractivity contribution in [3.05, 3.63) is 57.9 Å². The molecular formula is C18H24N2O. The predicted octanol–water partition coefficient (Wildman–Crippen LogP) is 3.23. The van der Waals surface area contributed by atoms with Crippen molar-refractivity contribution in [1.82, 2.24) is 9.88 Å². The molecule has 0 aliphatic carbocycles. The lowest BCUT2D eigenvalue weighted by atomic mass is 9.97. The highest BCUT2D eigenvalue weighted by atomic mass is 16.1. The summed E-state index contributed by atoms with van der Waals surface area (Å²) in [5, 5.41) is 3.01. The van der Waals surface area contributed by atoms with Crippen molar-refractivity contribution in [1.29, 1.82) is 0 Å². The van der Waals surface area contributed by atoms with Crippen molar-refractivity contribution >= 4 is 5.91 Å². The summed E-state index contributed by atoms with van der Waals surface area (Å²) in [6.07, 6.45) is 0.868. The maximum atomic E-state index is 12.2. The summed E-state index contributed by atoms with van der Waals surface area (Å²) in [5.41, 5.74) is 7.03. The van der Waals surface area contributed by atoms with Crippen molar-refractivity contribution in [2.75, 3.05) is 6.54 Å². The summed E-state index contributed by atoms with van der Waals surface area (Å²) >= 11 is 0. The molecule has 1 aromatic carbocycles. The highest BCUT2D eigenvalue weighted by Gasteiger charge is 2.11. The lowest BCUT2D eigenvalue weighted by molar-refractivity contribution is 0.0946. The first-order valence-electron chi connectivity index (χ1n) is 7.37. The Balaban J connectivity index is 1.99. The van der Waals surface area contributed by atoms with Gasteiger partial charge in [0.05, 0.1) is 0 Å². The SMILES string of the molecule is Cc1cc(C)c(CCNC(=O)c2ccc(C)n2C)c(C)c1. The van der Waals surface area contributed by atoms with Gasteiger partial charge in [0, 0.05) is 19.3 Å². The molecule has 0 aliphatic rings. The van der Waals surface area contributed by atoms with Crippen LogP contribution >= 0.6 is 0 Å². The van der Waals surface area contributed by atoms with Crippen molar-refractivity contribution in [2.24, 2.45) is 7.05 Å². The zero-order valence-corrected chi connectivity index (χ0v) is 13.6. The van der Waals surface area contributed by atoms with Crippen LogP contribution in [0.5, 0.6) is 0 Å². The van der Waals surface area contributed by atoms with E-state index in [9.17, 15) is 4.79 Å². The summed E-state index contributed by atoms with van der Waals surface area (Å²) in [6.45, 7) is 9.04. The number of aromatic nitrogens is 1. The Hall–Kier alpha value is -2.03. The van der Waals surface area contributed by atoms with Crippen LogP contribution in [0.4, 0.5) is 0 Å². The fraction of sp³-hybridized carbons (Fsp3) is 0.389. The van der Waals surface area contributed by atoms with Gasteiger partial charge in [0.1, 0.15) is 5.69 Å². The smallest absolute Gasteiger partial charge is 0.267 e. The number of nitrogens with one attached hydrogen (secondary N) is 1. The Morgan fingerprint density at radius 1 is 1.10 bits per heavy atom. The maximum absolute atomic E-state index is 12.2. The van der Waals surface area contributed by atoms with Crippen LogP contribution in [0.25, 0.3) is 0 Å². The molecule has 0 saturated heterocycles. The summed E-state index contributed by atoms with van der Waals surface area (Å²) in [6, 6.07) is 8.23. The molecule has 0 spiro atoms. The third-order valence-electron chi connectivity index (χ3n) is 4.11. The molecule has 3 heteroatoms. The van der Waals surface area contributed by atoms with Gasteiger partial charge in [0.25, 0.3) is 5.91 Å². The molecule has 0 saturated carbocycles. The minimum atomic E-state index is -0.00646. The number of carbonyl (C=O) groups is 1. The molecule has 2 rings (SSSR count). The molecule has 1 aromatic heterocycles. The number of nitrogens with zero attached hydrogens (tertiary/aromatic N) is 1. The van der Waals surface area contributed by atoms with Crippen molar-refractivity contribution in [3.8, 4) is 0 Å². The minimum absolute atomic E-state index is 0.00646. The van der Waals surface area contributed by atoms with E-state index >= 15 is 0 Å². The lowest BCUT2D eigenvalue weighted by Gasteiger charge is -2.12. The molecular weight excluding hydrogens is 260 g/mol. The van der Waals surface area contributed by atoms with Crippen LogP contribution in [-0.2, 0) is 13.5 Å². The molecule has 1 N–H and O–H groups in total. The molecule has 0 bridgehead atoms. The van der Waals surface area contributed by atoms with Crippen LogP contribution in [0.15, 0.2) is 24.3 Å². The third-order valence-corrected chi connectivity index (χ3v) is 4.11. The van der Waals surface area contributed by atoms with Crippen LogP contribution in [0, 0.1) is 27.7 Å². The van der Waals surface area contributed by atoms with E-state index in [0.717, 1.165) is 12.1 Å². The molecule has 0 aliphatic heterocycles. The summed E-state index contributed by atoms with van der Waals surface area (Å²) in [7, 11) is 1.92. The van der Waals surface area contributed by atoms with E-state index in [1.54, 1.807) is 0 Å². The number of carbonyl (C=O) groups excluding carboxylic acids is 1. The number of amides is 1. The number of benzene rings is 1. The monoisotopic (exact) mass is 284 g/mol.